The molecule has 4 rings (SSSR count). The van der Waals surface area contributed by atoms with Gasteiger partial charge in [-0.25, -0.2) is 4.98 Å². The molecule has 0 saturated carbocycles. The lowest BCUT2D eigenvalue weighted by molar-refractivity contribution is 0.0949. The summed E-state index contributed by atoms with van der Waals surface area (Å²) in [5, 5.41) is 2.99. The van der Waals surface area contributed by atoms with Crippen molar-refractivity contribution in [1.82, 2.24) is 14.9 Å². The number of aryl methyl sites for hydroxylation is 1. The Balaban J connectivity index is 1.44. The molecular formula is C29H33N3O4. The number of nitrogens with one attached hydrogen (secondary N) is 1. The molecule has 36 heavy (non-hydrogen) atoms. The average Bonchev–Trinajstić information content (AvgIpc) is 3.26. The van der Waals surface area contributed by atoms with Gasteiger partial charge in [-0.3, -0.25) is 4.79 Å². The number of carbonyl (C=O) groups is 1. The van der Waals surface area contributed by atoms with Crippen molar-refractivity contribution in [2.75, 3.05) is 20.8 Å². The van der Waals surface area contributed by atoms with Crippen LogP contribution in [0.3, 0.4) is 0 Å². The molecule has 0 radical (unpaired) electrons. The molecule has 3 aromatic carbocycles. The average molecular weight is 488 g/mol. The Labute approximate surface area is 212 Å². The summed E-state index contributed by atoms with van der Waals surface area (Å²) in [7, 11) is 3.11. The van der Waals surface area contributed by atoms with Crippen LogP contribution in [-0.4, -0.2) is 36.3 Å². The second-order valence-corrected chi connectivity index (χ2v) is 8.82. The van der Waals surface area contributed by atoms with Crippen molar-refractivity contribution >= 4 is 16.9 Å². The lowest BCUT2D eigenvalue weighted by Gasteiger charge is -2.15. The number of aromatic nitrogens is 2. The van der Waals surface area contributed by atoms with E-state index in [4.69, 9.17) is 19.2 Å². The number of benzene rings is 3. The maximum atomic E-state index is 12.9. The third-order valence-electron chi connectivity index (χ3n) is 6.11. The zero-order chi connectivity index (χ0) is 25.5. The van der Waals surface area contributed by atoms with E-state index in [1.165, 1.54) is 5.56 Å². The van der Waals surface area contributed by atoms with E-state index in [2.05, 4.69) is 35.9 Å². The van der Waals surface area contributed by atoms with Crippen molar-refractivity contribution in [2.45, 2.75) is 39.3 Å². The van der Waals surface area contributed by atoms with Gasteiger partial charge in [-0.05, 0) is 54.3 Å². The minimum atomic E-state index is -0.205. The highest BCUT2D eigenvalue weighted by Gasteiger charge is 2.14. The van der Waals surface area contributed by atoms with Gasteiger partial charge in [0.1, 0.15) is 11.6 Å². The molecule has 1 heterocycles. The summed E-state index contributed by atoms with van der Waals surface area (Å²) >= 11 is 0. The van der Waals surface area contributed by atoms with Gasteiger partial charge in [0.25, 0.3) is 5.91 Å². The Morgan fingerprint density at radius 3 is 2.47 bits per heavy atom. The van der Waals surface area contributed by atoms with E-state index in [-0.39, 0.29) is 5.91 Å². The quantitative estimate of drug-likeness (QED) is 0.280. The molecule has 0 fully saturated rings. The van der Waals surface area contributed by atoms with E-state index in [0.29, 0.717) is 36.1 Å². The largest absolute Gasteiger partial charge is 0.493 e. The first-order valence-electron chi connectivity index (χ1n) is 12.2. The number of hydrogen-bond acceptors (Lipinski definition) is 5. The molecule has 1 amide bonds. The van der Waals surface area contributed by atoms with Gasteiger partial charge in [0, 0.05) is 12.1 Å². The molecule has 0 unspecified atom stereocenters. The molecular weight excluding hydrogens is 454 g/mol. The summed E-state index contributed by atoms with van der Waals surface area (Å²) in [4.78, 5) is 17.6. The van der Waals surface area contributed by atoms with Crippen LogP contribution in [0.2, 0.25) is 0 Å². The summed E-state index contributed by atoms with van der Waals surface area (Å²) in [5.41, 5.74) is 3.64. The number of fused-ring (bicyclic) bond motifs is 1. The normalized spacial score (nSPS) is 11.0. The number of imidazole rings is 1. The van der Waals surface area contributed by atoms with Crippen LogP contribution in [0.4, 0.5) is 0 Å². The Morgan fingerprint density at radius 1 is 0.944 bits per heavy atom. The number of nitrogens with zero attached hydrogens (tertiary/aromatic N) is 2. The zero-order valence-corrected chi connectivity index (χ0v) is 21.3. The van der Waals surface area contributed by atoms with Gasteiger partial charge in [-0.15, -0.1) is 0 Å². The SMILES string of the molecule is COc1ccc(C(=O)NCc2nc3ccccc3n2CCCOc2ccccc2C(C)C)cc1OC. The van der Waals surface area contributed by atoms with Crippen molar-refractivity contribution in [2.24, 2.45) is 0 Å². The maximum Gasteiger partial charge on any atom is 0.251 e. The number of para-hydroxylation sites is 3. The van der Waals surface area contributed by atoms with Crippen LogP contribution in [0.1, 0.15) is 47.9 Å². The molecule has 1 N–H and O–H groups in total. The lowest BCUT2D eigenvalue weighted by Crippen LogP contribution is -2.25. The standard InChI is InChI=1S/C29H33N3O4/c1-20(2)22-10-5-8-13-25(22)36-17-9-16-32-24-12-7-6-11-23(24)31-28(32)19-30-29(33)21-14-15-26(34-3)27(18-21)35-4/h5-8,10-15,18,20H,9,16-17,19H2,1-4H3,(H,30,33). The van der Waals surface area contributed by atoms with Gasteiger partial charge >= 0.3 is 0 Å². The summed E-state index contributed by atoms with van der Waals surface area (Å²) < 4.78 is 18.9. The predicted octanol–water partition coefficient (Wildman–Crippen LogP) is 5.58. The molecule has 7 nitrogen and oxygen atoms in total. The molecule has 0 atom stereocenters. The van der Waals surface area contributed by atoms with Crippen LogP contribution in [0.25, 0.3) is 11.0 Å². The molecule has 0 aliphatic rings. The fourth-order valence-electron chi connectivity index (χ4n) is 4.24. The highest BCUT2D eigenvalue weighted by Crippen LogP contribution is 2.28. The smallest absolute Gasteiger partial charge is 0.251 e. The van der Waals surface area contributed by atoms with Gasteiger partial charge in [-0.2, -0.15) is 0 Å². The molecule has 188 valence electrons. The molecule has 0 aliphatic heterocycles. The first kappa shape index (κ1) is 25.1. The second kappa shape index (κ2) is 11.6. The lowest BCUT2D eigenvalue weighted by atomic mass is 10.0. The molecule has 1 aromatic heterocycles. The second-order valence-electron chi connectivity index (χ2n) is 8.82. The number of rotatable bonds is 11. The van der Waals surface area contributed by atoms with Crippen molar-refractivity contribution in [1.29, 1.82) is 0 Å². The fraction of sp³-hybridized carbons (Fsp3) is 0.310. The van der Waals surface area contributed by atoms with Crippen LogP contribution < -0.4 is 19.5 Å². The maximum absolute atomic E-state index is 12.9. The van der Waals surface area contributed by atoms with Gasteiger partial charge in [0.2, 0.25) is 0 Å². The van der Waals surface area contributed by atoms with Crippen molar-refractivity contribution in [3.63, 3.8) is 0 Å². The van der Waals surface area contributed by atoms with Gasteiger partial charge in [0.15, 0.2) is 11.5 Å². The minimum absolute atomic E-state index is 0.205. The van der Waals surface area contributed by atoms with E-state index in [1.807, 2.05) is 36.4 Å². The van der Waals surface area contributed by atoms with Crippen LogP contribution in [-0.2, 0) is 13.1 Å². The van der Waals surface area contributed by atoms with E-state index < -0.39 is 0 Å². The zero-order valence-electron chi connectivity index (χ0n) is 21.3. The highest BCUT2D eigenvalue weighted by atomic mass is 16.5. The summed E-state index contributed by atoms with van der Waals surface area (Å²) in [6.45, 7) is 5.96. The van der Waals surface area contributed by atoms with Crippen LogP contribution >= 0.6 is 0 Å². The van der Waals surface area contributed by atoms with Gasteiger partial charge in [0.05, 0.1) is 38.4 Å². The van der Waals surface area contributed by atoms with E-state index >= 15 is 0 Å². The molecule has 0 saturated heterocycles. The summed E-state index contributed by atoms with van der Waals surface area (Å²) in [6, 6.07) is 21.3. The number of methoxy groups -OCH3 is 2. The highest BCUT2D eigenvalue weighted by molar-refractivity contribution is 5.94. The Morgan fingerprint density at radius 2 is 1.69 bits per heavy atom. The number of amides is 1. The van der Waals surface area contributed by atoms with E-state index in [0.717, 1.165) is 35.6 Å². The topological polar surface area (TPSA) is 74.6 Å². The Hall–Kier alpha value is -4.00. The van der Waals surface area contributed by atoms with Crippen LogP contribution in [0.15, 0.2) is 66.7 Å². The Bertz CT molecular complexity index is 1330. The predicted molar refractivity (Wildman–Crippen MR) is 141 cm³/mol. The van der Waals surface area contributed by atoms with E-state index in [9.17, 15) is 4.79 Å². The third-order valence-corrected chi connectivity index (χ3v) is 6.11. The van der Waals surface area contributed by atoms with Gasteiger partial charge in [-0.1, -0.05) is 44.2 Å². The molecule has 0 bridgehead atoms. The number of hydrogen-bond donors (Lipinski definition) is 1. The fourth-order valence-corrected chi connectivity index (χ4v) is 4.24. The third kappa shape index (κ3) is 5.62. The van der Waals surface area contributed by atoms with Crippen LogP contribution in [0.5, 0.6) is 17.2 Å². The first-order chi connectivity index (χ1) is 17.5. The van der Waals surface area contributed by atoms with Crippen molar-refractivity contribution in [3.05, 3.63) is 83.7 Å². The minimum Gasteiger partial charge on any atom is -0.493 e. The summed E-state index contributed by atoms with van der Waals surface area (Å²) in [5.74, 6) is 3.02. The molecule has 7 heteroatoms. The van der Waals surface area contributed by atoms with Gasteiger partial charge < -0.3 is 24.1 Å². The van der Waals surface area contributed by atoms with Crippen LogP contribution in [0, 0.1) is 0 Å². The monoisotopic (exact) mass is 487 g/mol. The number of ether oxygens (including phenoxy) is 3. The Kier molecular flexibility index (Phi) is 8.10. The number of carbonyl (C=O) groups excluding carboxylic acids is 1. The van der Waals surface area contributed by atoms with Crippen molar-refractivity contribution in [3.8, 4) is 17.2 Å². The molecule has 4 aromatic rings. The molecule has 0 aliphatic carbocycles. The first-order valence-corrected chi connectivity index (χ1v) is 12.2. The molecule has 0 spiro atoms. The summed E-state index contributed by atoms with van der Waals surface area (Å²) in [6.07, 6.45) is 0.809. The van der Waals surface area contributed by atoms with E-state index in [1.54, 1.807) is 32.4 Å². The van der Waals surface area contributed by atoms with Crippen molar-refractivity contribution < 1.29 is 19.0 Å².